The average molecular weight is 323 g/mol. The van der Waals surface area contributed by atoms with E-state index in [1.165, 1.54) is 0 Å². The summed E-state index contributed by atoms with van der Waals surface area (Å²) in [6.45, 7) is 15.8. The molecule has 1 aliphatic carbocycles. The van der Waals surface area contributed by atoms with Crippen LogP contribution in [-0.2, 0) is 9.47 Å². The molecule has 2 rings (SSSR count). The van der Waals surface area contributed by atoms with Gasteiger partial charge in [0.05, 0.1) is 24.7 Å². The van der Waals surface area contributed by atoms with Gasteiger partial charge in [-0.25, -0.2) is 0 Å². The van der Waals surface area contributed by atoms with E-state index in [1.807, 2.05) is 19.9 Å². The highest BCUT2D eigenvalue weighted by Gasteiger charge is 2.50. The molecule has 0 aromatic heterocycles. The lowest BCUT2D eigenvalue weighted by Gasteiger charge is -2.50. The monoisotopic (exact) mass is 322 g/mol. The molecule has 0 aromatic rings. The number of ether oxygens (including phenoxy) is 2. The Morgan fingerprint density at radius 3 is 2.27 bits per heavy atom. The third kappa shape index (κ3) is 4.23. The molecule has 0 unspecified atom stereocenters. The molecule has 22 heavy (non-hydrogen) atoms. The van der Waals surface area contributed by atoms with E-state index in [-0.39, 0.29) is 16.9 Å². The fourth-order valence-corrected chi connectivity index (χ4v) is 4.00. The van der Waals surface area contributed by atoms with Crippen molar-refractivity contribution in [2.45, 2.75) is 64.6 Å². The second-order valence-corrected chi connectivity index (χ2v) is 13.3. The Hall–Kier alpha value is -0.603. The number of rotatable bonds is 1. The van der Waals surface area contributed by atoms with Crippen molar-refractivity contribution in [3.63, 3.8) is 0 Å². The Morgan fingerprint density at radius 2 is 1.77 bits per heavy atom. The first-order valence-corrected chi connectivity index (χ1v) is 11.6. The zero-order chi connectivity index (χ0) is 16.6. The molecular formula is C18H30O3Si. The van der Waals surface area contributed by atoms with Gasteiger partial charge in [-0.15, -0.1) is 12.1 Å². The van der Waals surface area contributed by atoms with Crippen LogP contribution in [0.3, 0.4) is 0 Å². The summed E-state index contributed by atoms with van der Waals surface area (Å²) in [5.74, 6) is 2.94. The topological polar surface area (TPSA) is 38.7 Å². The van der Waals surface area contributed by atoms with Gasteiger partial charge >= 0.3 is 0 Å². The van der Waals surface area contributed by atoms with Crippen molar-refractivity contribution >= 4 is 8.07 Å². The molecule has 2 fully saturated rings. The van der Waals surface area contributed by atoms with E-state index in [1.54, 1.807) is 0 Å². The Kier molecular flexibility index (Phi) is 4.67. The summed E-state index contributed by atoms with van der Waals surface area (Å²) in [5.41, 5.74) is 2.98. The number of hydrogen-bond acceptors (Lipinski definition) is 3. The Balaban J connectivity index is 2.26. The number of allylic oxidation sites excluding steroid dienone is 1. The lowest BCUT2D eigenvalue weighted by Crippen LogP contribution is -2.53. The van der Waals surface area contributed by atoms with Crippen molar-refractivity contribution in [1.29, 1.82) is 0 Å². The van der Waals surface area contributed by atoms with Gasteiger partial charge in [0.2, 0.25) is 0 Å². The van der Waals surface area contributed by atoms with Crippen LogP contribution < -0.4 is 0 Å². The first-order valence-electron chi connectivity index (χ1n) is 8.13. The first-order chi connectivity index (χ1) is 9.99. The van der Waals surface area contributed by atoms with Crippen molar-refractivity contribution in [2.24, 2.45) is 10.8 Å². The van der Waals surface area contributed by atoms with Gasteiger partial charge < -0.3 is 14.6 Å². The SMILES string of the molecule is C=C[C@]1(C#C[Si](C)(C)C)C[C@@H](O)CC2(COC(C)(C)OC2)C1. The van der Waals surface area contributed by atoms with Crippen LogP contribution in [0.25, 0.3) is 0 Å². The van der Waals surface area contributed by atoms with Gasteiger partial charge in [0.25, 0.3) is 0 Å². The van der Waals surface area contributed by atoms with E-state index in [4.69, 9.17) is 9.47 Å². The summed E-state index contributed by atoms with van der Waals surface area (Å²) in [5, 5.41) is 10.4. The van der Waals surface area contributed by atoms with Crippen molar-refractivity contribution < 1.29 is 14.6 Å². The number of hydrogen-bond donors (Lipinski definition) is 1. The van der Waals surface area contributed by atoms with Crippen LogP contribution in [0.2, 0.25) is 19.6 Å². The molecule has 2 aliphatic rings. The Bertz CT molecular complexity index is 485. The van der Waals surface area contributed by atoms with Crippen LogP contribution in [0.4, 0.5) is 0 Å². The van der Waals surface area contributed by atoms with E-state index >= 15 is 0 Å². The molecule has 3 nitrogen and oxygen atoms in total. The van der Waals surface area contributed by atoms with E-state index in [2.05, 4.69) is 37.7 Å². The van der Waals surface area contributed by atoms with Crippen molar-refractivity contribution in [2.75, 3.05) is 13.2 Å². The van der Waals surface area contributed by atoms with Crippen molar-refractivity contribution in [3.8, 4) is 11.5 Å². The minimum atomic E-state index is -1.46. The molecule has 4 heteroatoms. The van der Waals surface area contributed by atoms with E-state index in [0.29, 0.717) is 26.1 Å². The molecule has 1 spiro atoms. The number of aliphatic hydroxyl groups excluding tert-OH is 1. The molecule has 124 valence electrons. The van der Waals surface area contributed by atoms with Gasteiger partial charge in [-0.3, -0.25) is 0 Å². The maximum absolute atomic E-state index is 10.4. The lowest BCUT2D eigenvalue weighted by molar-refractivity contribution is -0.296. The fourth-order valence-electron chi connectivity index (χ4n) is 3.38. The van der Waals surface area contributed by atoms with Crippen molar-refractivity contribution in [3.05, 3.63) is 12.7 Å². The zero-order valence-electron chi connectivity index (χ0n) is 14.7. The second-order valence-electron chi connectivity index (χ2n) is 8.58. The van der Waals surface area contributed by atoms with Crippen LogP contribution in [0.5, 0.6) is 0 Å². The predicted molar refractivity (Wildman–Crippen MR) is 92.0 cm³/mol. The quantitative estimate of drug-likeness (QED) is 0.457. The molecule has 0 bridgehead atoms. The average Bonchev–Trinajstić information content (AvgIpc) is 2.39. The standard InChI is InChI=1S/C18H30O3Si/c1-7-17(8-9-22(4,5)6)10-15(19)11-18(12-17)13-20-16(2,3)21-14-18/h7,15,19H,1,10-14H2,2-6H3/t15-,17+/m1/s1. The smallest absolute Gasteiger partial charge is 0.162 e. The highest BCUT2D eigenvalue weighted by Crippen LogP contribution is 2.50. The maximum Gasteiger partial charge on any atom is 0.162 e. The predicted octanol–water partition coefficient (Wildman–Crippen LogP) is 3.35. The minimum Gasteiger partial charge on any atom is -0.393 e. The molecule has 1 heterocycles. The van der Waals surface area contributed by atoms with Gasteiger partial charge in [0, 0.05) is 5.41 Å². The summed E-state index contributed by atoms with van der Waals surface area (Å²) in [4.78, 5) is 0. The van der Waals surface area contributed by atoms with Crippen LogP contribution >= 0.6 is 0 Å². The molecule has 1 saturated carbocycles. The molecule has 0 aromatic carbocycles. The third-order valence-electron chi connectivity index (χ3n) is 4.49. The number of aliphatic hydroxyl groups is 1. The summed E-state index contributed by atoms with van der Waals surface area (Å²) in [6, 6.07) is 0. The summed E-state index contributed by atoms with van der Waals surface area (Å²) in [6.07, 6.45) is 3.79. The summed E-state index contributed by atoms with van der Waals surface area (Å²) in [7, 11) is -1.46. The molecule has 0 radical (unpaired) electrons. The highest BCUT2D eigenvalue weighted by atomic mass is 28.3. The summed E-state index contributed by atoms with van der Waals surface area (Å²) < 4.78 is 11.8. The molecule has 0 amide bonds. The van der Waals surface area contributed by atoms with E-state index in [9.17, 15) is 5.11 Å². The largest absolute Gasteiger partial charge is 0.393 e. The Labute approximate surface area is 136 Å². The van der Waals surface area contributed by atoms with Gasteiger partial charge in [-0.2, -0.15) is 0 Å². The molecule has 2 atom stereocenters. The van der Waals surface area contributed by atoms with Crippen LogP contribution in [0.15, 0.2) is 12.7 Å². The van der Waals surface area contributed by atoms with Crippen LogP contribution in [0.1, 0.15) is 33.1 Å². The minimum absolute atomic E-state index is 0.157. The molecule has 1 aliphatic heterocycles. The second kappa shape index (κ2) is 5.79. The van der Waals surface area contributed by atoms with E-state index in [0.717, 1.165) is 6.42 Å². The fraction of sp³-hybridized carbons (Fsp3) is 0.778. The highest BCUT2D eigenvalue weighted by molar-refractivity contribution is 6.83. The van der Waals surface area contributed by atoms with Crippen LogP contribution in [0, 0.1) is 22.3 Å². The zero-order valence-corrected chi connectivity index (χ0v) is 15.7. The van der Waals surface area contributed by atoms with Gasteiger partial charge in [0.15, 0.2) is 5.79 Å². The third-order valence-corrected chi connectivity index (χ3v) is 5.36. The lowest BCUT2D eigenvalue weighted by atomic mass is 9.61. The maximum atomic E-state index is 10.4. The van der Waals surface area contributed by atoms with E-state index < -0.39 is 13.9 Å². The van der Waals surface area contributed by atoms with Gasteiger partial charge in [-0.1, -0.05) is 31.6 Å². The molecular weight excluding hydrogens is 292 g/mol. The molecule has 1 saturated heterocycles. The first kappa shape index (κ1) is 17.7. The summed E-state index contributed by atoms with van der Waals surface area (Å²) >= 11 is 0. The molecule has 1 N–H and O–H groups in total. The normalized spacial score (nSPS) is 33.8. The Morgan fingerprint density at radius 1 is 1.18 bits per heavy atom. The van der Waals surface area contributed by atoms with Crippen molar-refractivity contribution in [1.82, 2.24) is 0 Å². The van der Waals surface area contributed by atoms with Crippen LogP contribution in [-0.4, -0.2) is 38.3 Å². The van der Waals surface area contributed by atoms with Gasteiger partial charge in [-0.05, 0) is 33.1 Å². The van der Waals surface area contributed by atoms with Gasteiger partial charge in [0.1, 0.15) is 8.07 Å².